The number of carbonyl (C=O) groups is 1. The number of likely N-dealkylation sites (tertiary alicyclic amines) is 1. The Bertz CT molecular complexity index is 649. The van der Waals surface area contributed by atoms with Crippen LogP contribution in [0.5, 0.6) is 0 Å². The van der Waals surface area contributed by atoms with Crippen molar-refractivity contribution in [1.82, 2.24) is 15.2 Å². The molecule has 0 aliphatic carbocycles. The van der Waals surface area contributed by atoms with Crippen LogP contribution in [0.25, 0.3) is 0 Å². The molecule has 3 rings (SSSR count). The van der Waals surface area contributed by atoms with Gasteiger partial charge in [-0.1, -0.05) is 6.07 Å². The van der Waals surface area contributed by atoms with Gasteiger partial charge >= 0.3 is 6.03 Å². The summed E-state index contributed by atoms with van der Waals surface area (Å²) in [4.78, 5) is 19.5. The Morgan fingerprint density at radius 2 is 2.25 bits per heavy atom. The van der Waals surface area contributed by atoms with Crippen LogP contribution in [-0.2, 0) is 6.42 Å². The van der Waals surface area contributed by atoms with E-state index in [-0.39, 0.29) is 11.9 Å². The molecule has 1 saturated heterocycles. The minimum Gasteiger partial charge on any atom is -0.387 e. The topological polar surface area (TPSA) is 65.5 Å². The molecule has 24 heavy (non-hydrogen) atoms. The Morgan fingerprint density at radius 1 is 1.46 bits per heavy atom. The zero-order valence-corrected chi connectivity index (χ0v) is 15.4. The van der Waals surface area contributed by atoms with E-state index in [4.69, 9.17) is 0 Å². The van der Waals surface area contributed by atoms with Crippen molar-refractivity contribution in [3.05, 3.63) is 38.5 Å². The molecule has 0 saturated carbocycles. The van der Waals surface area contributed by atoms with Crippen molar-refractivity contribution in [2.45, 2.75) is 32.3 Å². The first kappa shape index (κ1) is 17.4. The maximum absolute atomic E-state index is 12.2. The zero-order valence-electron chi connectivity index (χ0n) is 13.8. The average Bonchev–Trinajstić information content (AvgIpc) is 3.26. The molecular formula is C17H23N3O2S2. The van der Waals surface area contributed by atoms with Crippen LogP contribution in [0, 0.1) is 12.8 Å². The lowest BCUT2D eigenvalue weighted by molar-refractivity contribution is 0.0690. The number of nitrogens with one attached hydrogen (secondary N) is 1. The maximum Gasteiger partial charge on any atom is 0.317 e. The van der Waals surface area contributed by atoms with Gasteiger partial charge in [-0.25, -0.2) is 9.78 Å². The molecule has 0 aromatic carbocycles. The van der Waals surface area contributed by atoms with E-state index in [0.717, 1.165) is 34.8 Å². The second-order valence-corrected chi connectivity index (χ2v) is 8.07. The summed E-state index contributed by atoms with van der Waals surface area (Å²) in [5, 5.41) is 18.5. The molecule has 0 unspecified atom stereocenters. The van der Waals surface area contributed by atoms with Crippen molar-refractivity contribution < 1.29 is 9.90 Å². The van der Waals surface area contributed by atoms with Crippen LogP contribution in [0.15, 0.2) is 22.9 Å². The number of urea groups is 1. The lowest BCUT2D eigenvalue weighted by Crippen LogP contribution is -2.45. The summed E-state index contributed by atoms with van der Waals surface area (Å²) in [6.45, 7) is 4.00. The van der Waals surface area contributed by atoms with Crippen LogP contribution in [0.2, 0.25) is 0 Å². The van der Waals surface area contributed by atoms with Crippen molar-refractivity contribution >= 4 is 28.7 Å². The summed E-state index contributed by atoms with van der Waals surface area (Å²) >= 11 is 3.23. The molecule has 130 valence electrons. The molecule has 1 atom stereocenters. The monoisotopic (exact) mass is 365 g/mol. The highest BCUT2D eigenvalue weighted by atomic mass is 32.1. The fraction of sp³-hybridized carbons (Fsp3) is 0.529. The molecule has 2 aromatic heterocycles. The number of hydrogen-bond donors (Lipinski definition) is 2. The van der Waals surface area contributed by atoms with Crippen molar-refractivity contribution in [1.29, 1.82) is 0 Å². The van der Waals surface area contributed by atoms with Gasteiger partial charge in [0.1, 0.15) is 0 Å². The predicted molar refractivity (Wildman–Crippen MR) is 97.5 cm³/mol. The third kappa shape index (κ3) is 4.34. The van der Waals surface area contributed by atoms with Gasteiger partial charge in [0.15, 0.2) is 0 Å². The Kier molecular flexibility index (Phi) is 5.86. The minimum atomic E-state index is -0.400. The Labute approximate surface area is 150 Å². The molecule has 0 radical (unpaired) electrons. The Morgan fingerprint density at radius 3 is 2.88 bits per heavy atom. The first-order valence-corrected chi connectivity index (χ1v) is 10.0. The minimum absolute atomic E-state index is 0.00709. The normalized spacial score (nSPS) is 17.0. The number of piperidine rings is 1. The van der Waals surface area contributed by atoms with Crippen LogP contribution in [-0.4, -0.2) is 40.7 Å². The lowest BCUT2D eigenvalue weighted by Gasteiger charge is -2.34. The van der Waals surface area contributed by atoms with E-state index in [2.05, 4.69) is 10.3 Å². The number of thiophene rings is 1. The highest BCUT2D eigenvalue weighted by Gasteiger charge is 2.28. The SMILES string of the molecule is Cc1csc(CCNC(=O)N2CCC([C@H](O)c3cccs3)CC2)n1. The van der Waals surface area contributed by atoms with Crippen LogP contribution in [0.3, 0.4) is 0 Å². The van der Waals surface area contributed by atoms with Crippen LogP contribution in [0.1, 0.15) is 34.5 Å². The molecule has 7 heteroatoms. The molecule has 3 heterocycles. The Hall–Kier alpha value is -1.44. The van der Waals surface area contributed by atoms with E-state index in [1.54, 1.807) is 22.7 Å². The summed E-state index contributed by atoms with van der Waals surface area (Å²) in [5.41, 5.74) is 1.03. The van der Waals surface area contributed by atoms with Crippen molar-refractivity contribution in [3.8, 4) is 0 Å². The second-order valence-electron chi connectivity index (χ2n) is 6.15. The Balaban J connectivity index is 1.40. The number of aryl methyl sites for hydroxylation is 1. The molecule has 5 nitrogen and oxygen atoms in total. The molecule has 2 amide bonds. The number of amides is 2. The van der Waals surface area contributed by atoms with Gasteiger partial charge in [0.25, 0.3) is 0 Å². The van der Waals surface area contributed by atoms with Crippen LogP contribution in [0.4, 0.5) is 4.79 Å². The van der Waals surface area contributed by atoms with Crippen molar-refractivity contribution in [2.75, 3.05) is 19.6 Å². The zero-order chi connectivity index (χ0) is 16.9. The van der Waals surface area contributed by atoms with Gasteiger partial charge < -0.3 is 15.3 Å². The van der Waals surface area contributed by atoms with Crippen molar-refractivity contribution in [3.63, 3.8) is 0 Å². The third-order valence-corrected chi connectivity index (χ3v) is 6.36. The summed E-state index contributed by atoms with van der Waals surface area (Å²) in [6.07, 6.45) is 2.07. The van der Waals surface area contributed by atoms with E-state index >= 15 is 0 Å². The smallest absolute Gasteiger partial charge is 0.317 e. The number of carbonyl (C=O) groups excluding carboxylic acids is 1. The van der Waals surface area contributed by atoms with E-state index in [1.807, 2.05) is 34.7 Å². The lowest BCUT2D eigenvalue weighted by atomic mass is 9.90. The van der Waals surface area contributed by atoms with Gasteiger partial charge in [-0.15, -0.1) is 22.7 Å². The largest absolute Gasteiger partial charge is 0.387 e. The molecule has 0 spiro atoms. The number of hydrogen-bond acceptors (Lipinski definition) is 5. The van der Waals surface area contributed by atoms with E-state index in [1.165, 1.54) is 0 Å². The fourth-order valence-corrected chi connectivity index (χ4v) is 4.60. The molecular weight excluding hydrogens is 342 g/mol. The predicted octanol–water partition coefficient (Wildman–Crippen LogP) is 3.21. The van der Waals surface area contributed by atoms with Crippen LogP contribution >= 0.6 is 22.7 Å². The number of aliphatic hydroxyl groups is 1. The van der Waals surface area contributed by atoms with Crippen molar-refractivity contribution in [2.24, 2.45) is 5.92 Å². The molecule has 0 bridgehead atoms. The molecule has 2 aromatic rings. The van der Waals surface area contributed by atoms with Gasteiger partial charge in [-0.3, -0.25) is 0 Å². The number of aromatic nitrogens is 1. The standard InChI is InChI=1S/C17H23N3O2S2/c1-12-11-24-15(19-12)4-7-18-17(22)20-8-5-13(6-9-20)16(21)14-3-2-10-23-14/h2-3,10-11,13,16,21H,4-9H2,1H3,(H,18,22)/t16-/m0/s1. The molecule has 1 aliphatic heterocycles. The van der Waals surface area contributed by atoms with Gasteiger partial charge in [-0.05, 0) is 37.1 Å². The summed E-state index contributed by atoms with van der Waals surface area (Å²) < 4.78 is 0. The average molecular weight is 366 g/mol. The van der Waals surface area contributed by atoms with E-state index < -0.39 is 6.10 Å². The quantitative estimate of drug-likeness (QED) is 0.855. The molecule has 1 aliphatic rings. The number of rotatable bonds is 5. The third-order valence-electron chi connectivity index (χ3n) is 4.39. The first-order valence-electron chi connectivity index (χ1n) is 8.28. The maximum atomic E-state index is 12.2. The summed E-state index contributed by atoms with van der Waals surface area (Å²) in [6, 6.07) is 3.94. The second kappa shape index (κ2) is 8.09. The highest BCUT2D eigenvalue weighted by molar-refractivity contribution is 7.10. The van der Waals surface area contributed by atoms with Crippen LogP contribution < -0.4 is 5.32 Å². The number of nitrogens with zero attached hydrogens (tertiary/aromatic N) is 2. The molecule has 2 N–H and O–H groups in total. The van der Waals surface area contributed by atoms with Gasteiger partial charge in [0, 0.05) is 42.0 Å². The van der Waals surface area contributed by atoms with Gasteiger partial charge in [0.05, 0.1) is 11.1 Å². The number of aliphatic hydroxyl groups excluding tert-OH is 1. The summed E-state index contributed by atoms with van der Waals surface area (Å²) in [5.74, 6) is 0.242. The summed E-state index contributed by atoms with van der Waals surface area (Å²) in [7, 11) is 0. The first-order chi connectivity index (χ1) is 11.6. The highest BCUT2D eigenvalue weighted by Crippen LogP contribution is 2.32. The van der Waals surface area contributed by atoms with E-state index in [0.29, 0.717) is 19.6 Å². The fourth-order valence-electron chi connectivity index (χ4n) is 3.02. The number of thiazole rings is 1. The van der Waals surface area contributed by atoms with Gasteiger partial charge in [-0.2, -0.15) is 0 Å². The van der Waals surface area contributed by atoms with Gasteiger partial charge in [0.2, 0.25) is 0 Å². The van der Waals surface area contributed by atoms with E-state index in [9.17, 15) is 9.90 Å². The molecule has 1 fully saturated rings.